The molecule has 0 aromatic rings. The van der Waals surface area contributed by atoms with Crippen LogP contribution in [0.2, 0.25) is 0 Å². The normalized spacial score (nSPS) is 14.5. The Kier molecular flexibility index (Phi) is 7.85. The Bertz CT molecular complexity index is 197. The van der Waals surface area contributed by atoms with Crippen molar-refractivity contribution >= 4 is 12.3 Å². The molecule has 0 spiro atoms. The Hall–Kier alpha value is -0.940. The molecule has 0 aromatic carbocycles. The molecule has 0 aromatic heterocycles. The van der Waals surface area contributed by atoms with Gasteiger partial charge >= 0.3 is 5.97 Å². The number of nitrogens with one attached hydrogen (secondary N) is 1. The zero-order valence-corrected chi connectivity index (χ0v) is 9.11. The molecule has 0 fully saturated rings. The average molecular weight is 216 g/mol. The highest BCUT2D eigenvalue weighted by Crippen LogP contribution is 1.98. The van der Waals surface area contributed by atoms with E-state index < -0.39 is 12.0 Å². The van der Waals surface area contributed by atoms with Gasteiger partial charge in [0, 0.05) is 12.5 Å². The molecule has 0 rings (SSSR count). The number of aliphatic carboxylic acids is 1. The first-order valence-electron chi connectivity index (χ1n) is 5.22. The number of carboxylic acid groups (broad SMARTS) is 1. The Morgan fingerprint density at radius 1 is 1.53 bits per heavy atom. The monoisotopic (exact) mass is 216 g/mol. The van der Waals surface area contributed by atoms with E-state index >= 15 is 0 Å². The molecule has 88 valence electrons. The lowest BCUT2D eigenvalue weighted by Crippen LogP contribution is -2.30. The zero-order chi connectivity index (χ0) is 11.7. The van der Waals surface area contributed by atoms with E-state index in [-0.39, 0.29) is 5.92 Å². The molecule has 0 saturated carbocycles. The van der Waals surface area contributed by atoms with E-state index in [2.05, 4.69) is 5.32 Å². The molecule has 0 aliphatic heterocycles. The van der Waals surface area contributed by atoms with Crippen LogP contribution < -0.4 is 11.1 Å². The molecule has 15 heavy (non-hydrogen) atoms. The molecule has 0 saturated heterocycles. The number of carboxylic acids is 1. The van der Waals surface area contributed by atoms with Gasteiger partial charge in [-0.1, -0.05) is 13.3 Å². The highest BCUT2D eigenvalue weighted by molar-refractivity contribution is 5.72. The smallest absolute Gasteiger partial charge is 0.320 e. The fraction of sp³-hybridized carbons (Fsp3) is 0.800. The van der Waals surface area contributed by atoms with Gasteiger partial charge in [0.25, 0.3) is 0 Å². The number of carbonyl (C=O) groups excluding carboxylic acids is 1. The van der Waals surface area contributed by atoms with Crippen LogP contribution in [0, 0.1) is 5.92 Å². The molecule has 5 nitrogen and oxygen atoms in total. The maximum absolute atomic E-state index is 10.4. The lowest BCUT2D eigenvalue weighted by molar-refractivity contribution is -0.138. The predicted octanol–water partition coefficient (Wildman–Crippen LogP) is -0.00680. The second-order valence-corrected chi connectivity index (χ2v) is 3.76. The van der Waals surface area contributed by atoms with Crippen LogP contribution in [0.4, 0.5) is 0 Å². The molecular formula is C10H20N2O3. The quantitative estimate of drug-likeness (QED) is 0.372. The summed E-state index contributed by atoms with van der Waals surface area (Å²) in [7, 11) is 0. The minimum absolute atomic E-state index is 0.0336. The second-order valence-electron chi connectivity index (χ2n) is 3.76. The maximum atomic E-state index is 10.4. The predicted molar refractivity (Wildman–Crippen MR) is 57.6 cm³/mol. The SMILES string of the molecule is CC(C=O)CNCCCCC(N)C(=O)O. The van der Waals surface area contributed by atoms with Crippen LogP contribution in [0.15, 0.2) is 0 Å². The lowest BCUT2D eigenvalue weighted by Gasteiger charge is -2.07. The molecule has 2 atom stereocenters. The van der Waals surface area contributed by atoms with Crippen LogP contribution >= 0.6 is 0 Å². The van der Waals surface area contributed by atoms with E-state index in [1.165, 1.54) is 0 Å². The Morgan fingerprint density at radius 3 is 2.73 bits per heavy atom. The third-order valence-electron chi connectivity index (χ3n) is 2.13. The van der Waals surface area contributed by atoms with Gasteiger partial charge in [-0.05, 0) is 19.4 Å². The lowest BCUT2D eigenvalue weighted by atomic mass is 10.1. The number of hydrogen-bond acceptors (Lipinski definition) is 4. The number of carbonyl (C=O) groups is 2. The van der Waals surface area contributed by atoms with Gasteiger partial charge in [0.2, 0.25) is 0 Å². The fourth-order valence-electron chi connectivity index (χ4n) is 1.12. The summed E-state index contributed by atoms with van der Waals surface area (Å²) < 4.78 is 0. The van der Waals surface area contributed by atoms with E-state index in [9.17, 15) is 9.59 Å². The van der Waals surface area contributed by atoms with Crippen molar-refractivity contribution in [3.05, 3.63) is 0 Å². The summed E-state index contributed by atoms with van der Waals surface area (Å²) in [4.78, 5) is 20.6. The maximum Gasteiger partial charge on any atom is 0.320 e. The Labute approximate surface area is 90.0 Å². The molecule has 0 aliphatic carbocycles. The number of aldehydes is 1. The van der Waals surface area contributed by atoms with Gasteiger partial charge in [0.05, 0.1) is 0 Å². The molecule has 2 unspecified atom stereocenters. The van der Waals surface area contributed by atoms with Gasteiger partial charge in [-0.15, -0.1) is 0 Å². The van der Waals surface area contributed by atoms with Crippen LogP contribution in [0.25, 0.3) is 0 Å². The molecule has 0 heterocycles. The van der Waals surface area contributed by atoms with Gasteiger partial charge in [-0.2, -0.15) is 0 Å². The molecule has 5 heteroatoms. The van der Waals surface area contributed by atoms with Crippen molar-refractivity contribution < 1.29 is 14.7 Å². The number of unbranched alkanes of at least 4 members (excludes halogenated alkanes) is 1. The number of rotatable bonds is 9. The molecule has 4 N–H and O–H groups in total. The van der Waals surface area contributed by atoms with Crippen molar-refractivity contribution in [2.75, 3.05) is 13.1 Å². The van der Waals surface area contributed by atoms with Crippen molar-refractivity contribution in [2.24, 2.45) is 11.7 Å². The Balaban J connectivity index is 3.25. The van der Waals surface area contributed by atoms with E-state index in [0.29, 0.717) is 13.0 Å². The molecular weight excluding hydrogens is 196 g/mol. The summed E-state index contributed by atoms with van der Waals surface area (Å²) in [6.45, 7) is 3.32. The average Bonchev–Trinajstić information content (AvgIpc) is 2.22. The zero-order valence-electron chi connectivity index (χ0n) is 9.11. The van der Waals surface area contributed by atoms with Crippen LogP contribution in [0.1, 0.15) is 26.2 Å². The van der Waals surface area contributed by atoms with E-state index in [1.807, 2.05) is 6.92 Å². The summed E-state index contributed by atoms with van der Waals surface area (Å²) in [5.74, 6) is -0.913. The van der Waals surface area contributed by atoms with Gasteiger partial charge in [-0.25, -0.2) is 0 Å². The molecule has 0 amide bonds. The number of hydrogen-bond donors (Lipinski definition) is 3. The van der Waals surface area contributed by atoms with Gasteiger partial charge in [0.15, 0.2) is 0 Å². The first-order chi connectivity index (χ1) is 7.07. The molecule has 0 radical (unpaired) electrons. The summed E-state index contributed by atoms with van der Waals surface area (Å²) >= 11 is 0. The third kappa shape index (κ3) is 8.08. The van der Waals surface area contributed by atoms with Crippen molar-refractivity contribution in [3.63, 3.8) is 0 Å². The minimum atomic E-state index is -0.947. The van der Waals surface area contributed by atoms with Crippen LogP contribution in [0.3, 0.4) is 0 Å². The van der Waals surface area contributed by atoms with E-state index in [4.69, 9.17) is 10.8 Å². The van der Waals surface area contributed by atoms with Crippen LogP contribution in [0.5, 0.6) is 0 Å². The van der Waals surface area contributed by atoms with Crippen molar-refractivity contribution in [3.8, 4) is 0 Å². The highest BCUT2D eigenvalue weighted by Gasteiger charge is 2.09. The summed E-state index contributed by atoms with van der Waals surface area (Å²) in [5, 5.41) is 11.6. The van der Waals surface area contributed by atoms with Gasteiger partial charge in [-0.3, -0.25) is 4.79 Å². The largest absolute Gasteiger partial charge is 0.480 e. The molecule has 0 aliphatic rings. The van der Waals surface area contributed by atoms with Crippen LogP contribution in [-0.2, 0) is 9.59 Å². The topological polar surface area (TPSA) is 92.4 Å². The second kappa shape index (κ2) is 8.38. The molecule has 0 bridgehead atoms. The fourth-order valence-corrected chi connectivity index (χ4v) is 1.12. The van der Waals surface area contributed by atoms with Crippen LogP contribution in [-0.4, -0.2) is 36.5 Å². The summed E-state index contributed by atoms with van der Waals surface area (Å²) in [5.41, 5.74) is 5.33. The summed E-state index contributed by atoms with van der Waals surface area (Å²) in [6.07, 6.45) is 3.08. The van der Waals surface area contributed by atoms with Gasteiger partial charge < -0.3 is 21.0 Å². The summed E-state index contributed by atoms with van der Waals surface area (Å²) in [6, 6.07) is -0.751. The van der Waals surface area contributed by atoms with E-state index in [0.717, 1.165) is 25.7 Å². The first-order valence-corrected chi connectivity index (χ1v) is 5.22. The standard InChI is InChI=1S/C10H20N2O3/c1-8(7-13)6-12-5-3-2-4-9(11)10(14)15/h7-9,12H,2-6,11H2,1H3,(H,14,15). The first kappa shape index (κ1) is 14.1. The van der Waals surface area contributed by atoms with E-state index in [1.54, 1.807) is 0 Å². The van der Waals surface area contributed by atoms with Crippen molar-refractivity contribution in [2.45, 2.75) is 32.2 Å². The van der Waals surface area contributed by atoms with Crippen molar-refractivity contribution in [1.29, 1.82) is 0 Å². The van der Waals surface area contributed by atoms with Gasteiger partial charge in [0.1, 0.15) is 12.3 Å². The highest BCUT2D eigenvalue weighted by atomic mass is 16.4. The third-order valence-corrected chi connectivity index (χ3v) is 2.13. The Morgan fingerprint density at radius 2 is 2.20 bits per heavy atom. The van der Waals surface area contributed by atoms with Crippen molar-refractivity contribution in [1.82, 2.24) is 5.32 Å². The number of nitrogens with two attached hydrogens (primary N) is 1. The minimum Gasteiger partial charge on any atom is -0.480 e.